The van der Waals surface area contributed by atoms with Crippen molar-refractivity contribution in [2.24, 2.45) is 5.41 Å². The second-order valence-electron chi connectivity index (χ2n) is 5.17. The van der Waals surface area contributed by atoms with Gasteiger partial charge in [0.15, 0.2) is 0 Å². The van der Waals surface area contributed by atoms with Gasteiger partial charge in [0.25, 0.3) is 5.91 Å². The molecular formula is C14H14N4O3. The van der Waals surface area contributed by atoms with E-state index in [1.807, 2.05) is 6.07 Å². The number of nitrogens with zero attached hydrogens (tertiary/aromatic N) is 3. The molecule has 1 aromatic carbocycles. The zero-order valence-electron chi connectivity index (χ0n) is 11.2. The summed E-state index contributed by atoms with van der Waals surface area (Å²) >= 11 is 0. The lowest BCUT2D eigenvalue weighted by Gasteiger charge is -2.11. The summed E-state index contributed by atoms with van der Waals surface area (Å²) in [5.74, 6) is -1.14. The molecule has 7 nitrogen and oxygen atoms in total. The van der Waals surface area contributed by atoms with Gasteiger partial charge in [0, 0.05) is 12.1 Å². The molecule has 7 heteroatoms. The Morgan fingerprint density at radius 2 is 2.19 bits per heavy atom. The van der Waals surface area contributed by atoms with Crippen LogP contribution in [-0.4, -0.2) is 38.5 Å². The molecule has 1 aliphatic carbocycles. The summed E-state index contributed by atoms with van der Waals surface area (Å²) < 4.78 is 1.55. The third kappa shape index (κ3) is 2.62. The first kappa shape index (κ1) is 13.3. The first-order chi connectivity index (χ1) is 10.1. The summed E-state index contributed by atoms with van der Waals surface area (Å²) in [6.45, 7) is 0.161. The van der Waals surface area contributed by atoms with Crippen LogP contribution < -0.4 is 5.32 Å². The van der Waals surface area contributed by atoms with E-state index in [2.05, 4.69) is 15.6 Å². The topological polar surface area (TPSA) is 97.1 Å². The molecule has 1 saturated carbocycles. The van der Waals surface area contributed by atoms with Gasteiger partial charge in [0.1, 0.15) is 0 Å². The number of carboxylic acids is 1. The van der Waals surface area contributed by atoms with Crippen LogP contribution in [0.3, 0.4) is 0 Å². The summed E-state index contributed by atoms with van der Waals surface area (Å²) in [6, 6.07) is 6.92. The fourth-order valence-corrected chi connectivity index (χ4v) is 2.10. The molecule has 1 amide bonds. The van der Waals surface area contributed by atoms with E-state index >= 15 is 0 Å². The van der Waals surface area contributed by atoms with E-state index in [1.54, 1.807) is 35.3 Å². The van der Waals surface area contributed by atoms with Gasteiger partial charge in [0.2, 0.25) is 0 Å². The van der Waals surface area contributed by atoms with Crippen molar-refractivity contribution in [2.45, 2.75) is 12.8 Å². The largest absolute Gasteiger partial charge is 0.481 e. The van der Waals surface area contributed by atoms with Crippen LogP contribution in [0, 0.1) is 5.41 Å². The fourth-order valence-electron chi connectivity index (χ4n) is 2.10. The molecule has 0 bridgehead atoms. The number of hydrogen-bond donors (Lipinski definition) is 2. The Hall–Kier alpha value is -2.70. The Labute approximate surface area is 120 Å². The van der Waals surface area contributed by atoms with Crippen molar-refractivity contribution < 1.29 is 14.7 Å². The quantitative estimate of drug-likeness (QED) is 0.849. The van der Waals surface area contributed by atoms with Crippen LogP contribution in [0.4, 0.5) is 0 Å². The van der Waals surface area contributed by atoms with Gasteiger partial charge in [-0.15, -0.1) is 5.10 Å². The summed E-state index contributed by atoms with van der Waals surface area (Å²) in [5.41, 5.74) is 0.419. The number of aliphatic carboxylic acids is 1. The van der Waals surface area contributed by atoms with Crippen molar-refractivity contribution in [1.29, 1.82) is 0 Å². The minimum atomic E-state index is -0.848. The maximum absolute atomic E-state index is 12.1. The molecule has 0 spiro atoms. The molecule has 0 radical (unpaired) electrons. The molecule has 1 heterocycles. The standard InChI is InChI=1S/C14H14N4O3/c19-12(15-9-14(4-5-14)13(20)21)10-2-1-3-11(8-10)18-7-6-16-17-18/h1-3,6-8H,4-5,9H2,(H,15,19)(H,20,21). The molecule has 0 unspecified atom stereocenters. The van der Waals surface area contributed by atoms with Crippen LogP contribution in [0.1, 0.15) is 23.2 Å². The fraction of sp³-hybridized carbons (Fsp3) is 0.286. The Balaban J connectivity index is 1.71. The van der Waals surface area contributed by atoms with Gasteiger partial charge >= 0.3 is 5.97 Å². The van der Waals surface area contributed by atoms with Crippen molar-refractivity contribution in [3.05, 3.63) is 42.2 Å². The number of benzene rings is 1. The molecule has 0 atom stereocenters. The lowest BCUT2D eigenvalue weighted by Crippen LogP contribution is -2.34. The van der Waals surface area contributed by atoms with Gasteiger partial charge in [-0.3, -0.25) is 9.59 Å². The average molecular weight is 286 g/mol. The second kappa shape index (κ2) is 5.01. The predicted octanol–water partition coefficient (Wildman–Crippen LogP) is 0.862. The van der Waals surface area contributed by atoms with Crippen LogP contribution in [0.15, 0.2) is 36.7 Å². The van der Waals surface area contributed by atoms with Gasteiger partial charge in [-0.05, 0) is 31.0 Å². The van der Waals surface area contributed by atoms with Gasteiger partial charge in [-0.25, -0.2) is 4.68 Å². The number of carbonyl (C=O) groups excluding carboxylic acids is 1. The molecule has 1 aromatic heterocycles. The number of hydrogen-bond acceptors (Lipinski definition) is 4. The molecule has 3 rings (SSSR count). The van der Waals surface area contributed by atoms with Crippen LogP contribution >= 0.6 is 0 Å². The third-order valence-corrected chi connectivity index (χ3v) is 3.69. The third-order valence-electron chi connectivity index (χ3n) is 3.69. The van der Waals surface area contributed by atoms with E-state index in [1.165, 1.54) is 0 Å². The molecule has 0 aliphatic heterocycles. The highest BCUT2D eigenvalue weighted by atomic mass is 16.4. The number of amides is 1. The molecule has 1 aliphatic rings. The Kier molecular flexibility index (Phi) is 3.17. The van der Waals surface area contributed by atoms with Crippen molar-refractivity contribution in [3.63, 3.8) is 0 Å². The van der Waals surface area contributed by atoms with Gasteiger partial charge in [-0.1, -0.05) is 11.3 Å². The van der Waals surface area contributed by atoms with E-state index in [4.69, 9.17) is 5.11 Å². The number of carbonyl (C=O) groups is 2. The molecule has 2 N–H and O–H groups in total. The molecule has 108 valence electrons. The van der Waals surface area contributed by atoms with Gasteiger partial charge in [0.05, 0.1) is 23.5 Å². The number of carboxylic acid groups (broad SMARTS) is 1. The molecule has 21 heavy (non-hydrogen) atoms. The summed E-state index contributed by atoms with van der Waals surface area (Å²) in [5, 5.41) is 19.4. The van der Waals surface area contributed by atoms with E-state index in [0.29, 0.717) is 18.4 Å². The van der Waals surface area contributed by atoms with E-state index in [9.17, 15) is 9.59 Å². The van der Waals surface area contributed by atoms with E-state index in [-0.39, 0.29) is 12.5 Å². The smallest absolute Gasteiger partial charge is 0.311 e. The minimum Gasteiger partial charge on any atom is -0.481 e. The maximum atomic E-state index is 12.1. The normalized spacial score (nSPS) is 15.4. The van der Waals surface area contributed by atoms with Crippen molar-refractivity contribution in [1.82, 2.24) is 20.3 Å². The maximum Gasteiger partial charge on any atom is 0.311 e. The monoisotopic (exact) mass is 286 g/mol. The first-order valence-corrected chi connectivity index (χ1v) is 6.59. The van der Waals surface area contributed by atoms with Crippen LogP contribution in [0.25, 0.3) is 5.69 Å². The summed E-state index contributed by atoms with van der Waals surface area (Å²) in [4.78, 5) is 23.2. The Morgan fingerprint density at radius 3 is 2.81 bits per heavy atom. The highest BCUT2D eigenvalue weighted by molar-refractivity contribution is 5.95. The lowest BCUT2D eigenvalue weighted by atomic mass is 10.1. The first-order valence-electron chi connectivity index (χ1n) is 6.59. The number of rotatable bonds is 5. The van der Waals surface area contributed by atoms with Crippen LogP contribution in [0.5, 0.6) is 0 Å². The minimum absolute atomic E-state index is 0.161. The second-order valence-corrected chi connectivity index (χ2v) is 5.17. The highest BCUT2D eigenvalue weighted by Crippen LogP contribution is 2.45. The highest BCUT2D eigenvalue weighted by Gasteiger charge is 2.50. The predicted molar refractivity (Wildman–Crippen MR) is 73.0 cm³/mol. The molecule has 1 fully saturated rings. The van der Waals surface area contributed by atoms with Gasteiger partial charge in [-0.2, -0.15) is 0 Å². The van der Waals surface area contributed by atoms with Gasteiger partial charge < -0.3 is 10.4 Å². The van der Waals surface area contributed by atoms with Crippen molar-refractivity contribution in [3.8, 4) is 5.69 Å². The SMILES string of the molecule is O=C(NCC1(C(=O)O)CC1)c1cccc(-n2ccnn2)c1. The summed E-state index contributed by atoms with van der Waals surface area (Å²) in [6.07, 6.45) is 4.46. The van der Waals surface area contributed by atoms with E-state index in [0.717, 1.165) is 5.69 Å². The van der Waals surface area contributed by atoms with Crippen molar-refractivity contribution in [2.75, 3.05) is 6.54 Å². The summed E-state index contributed by atoms with van der Waals surface area (Å²) in [7, 11) is 0. The average Bonchev–Trinajstić information content (AvgIpc) is 3.09. The van der Waals surface area contributed by atoms with Crippen LogP contribution in [0.2, 0.25) is 0 Å². The lowest BCUT2D eigenvalue weighted by molar-refractivity contribution is -0.143. The van der Waals surface area contributed by atoms with Crippen LogP contribution in [-0.2, 0) is 4.79 Å². The molecule has 0 saturated heterocycles. The molecular weight excluding hydrogens is 272 g/mol. The number of aromatic nitrogens is 3. The molecule has 2 aromatic rings. The Bertz CT molecular complexity index is 677. The zero-order chi connectivity index (χ0) is 14.9. The zero-order valence-corrected chi connectivity index (χ0v) is 11.2. The van der Waals surface area contributed by atoms with E-state index < -0.39 is 11.4 Å². The number of nitrogens with one attached hydrogen (secondary N) is 1. The van der Waals surface area contributed by atoms with Crippen molar-refractivity contribution >= 4 is 11.9 Å². The Morgan fingerprint density at radius 1 is 1.38 bits per heavy atom.